The van der Waals surface area contributed by atoms with E-state index in [0.29, 0.717) is 18.2 Å². The number of hydrogen-bond acceptors (Lipinski definition) is 8. The van der Waals surface area contributed by atoms with Crippen molar-refractivity contribution in [2.24, 2.45) is 0 Å². The number of hydrogen-bond donors (Lipinski definition) is 5. The van der Waals surface area contributed by atoms with Crippen molar-refractivity contribution < 1.29 is 0 Å². The summed E-state index contributed by atoms with van der Waals surface area (Å²) in [5.74, 6) is 1.41. The third kappa shape index (κ3) is 7.92. The average Bonchev–Trinajstić information content (AvgIpc) is 4.22. The second kappa shape index (κ2) is 18.4. The zero-order valence-corrected chi connectivity index (χ0v) is 40.1. The number of fused-ring (bicyclic) bond motifs is 4. The fraction of sp³-hybridized carbons (Fsp3) is 0.153. The fourth-order valence-electron chi connectivity index (χ4n) is 10.0. The molecule has 12 aromatic rings. The lowest BCUT2D eigenvalue weighted by molar-refractivity contribution is 0.715. The molecule has 71 heavy (non-hydrogen) atoms. The zero-order valence-electron chi connectivity index (χ0n) is 40.1. The van der Waals surface area contributed by atoms with E-state index < -0.39 is 0 Å². The summed E-state index contributed by atoms with van der Waals surface area (Å²) in [5, 5.41) is 22.4. The molecular formula is C59H52N12. The highest BCUT2D eigenvalue weighted by Gasteiger charge is 2.22. The molecule has 0 saturated carbocycles. The molecule has 12 nitrogen and oxygen atoms in total. The van der Waals surface area contributed by atoms with Crippen LogP contribution in [-0.2, 0) is 19.6 Å². The average molecular weight is 929 g/mol. The second-order valence-corrected chi connectivity index (χ2v) is 18.2. The molecule has 0 aliphatic heterocycles. The van der Waals surface area contributed by atoms with Gasteiger partial charge in [-0.3, -0.25) is 19.7 Å². The number of benzene rings is 6. The van der Waals surface area contributed by atoms with Crippen LogP contribution in [0.3, 0.4) is 0 Å². The molecule has 0 aliphatic carbocycles. The second-order valence-electron chi connectivity index (χ2n) is 18.2. The van der Waals surface area contributed by atoms with E-state index in [-0.39, 0.29) is 0 Å². The molecule has 12 rings (SSSR count). The Kier molecular flexibility index (Phi) is 11.3. The smallest absolute Gasteiger partial charge is 0.159 e. The van der Waals surface area contributed by atoms with Gasteiger partial charge in [-0.15, -0.1) is 0 Å². The zero-order chi connectivity index (χ0) is 48.0. The molecule has 0 unspecified atom stereocenters. The molecule has 0 atom stereocenters. The maximum absolute atomic E-state index is 5.44. The van der Waals surface area contributed by atoms with Gasteiger partial charge in [0.2, 0.25) is 0 Å². The standard InChI is InChI=1S/C59H52N12/c1-5-60-28-41-30-62-32-48(35(41)3)38-22-24-50-46(26-38)56(69-68-50)58-64-52-21-13-19-45(55(52)67-58)43-17-11-10-16-40(43)34-71-53-25-23-39(49-33-63-31-42(36(49)4)29-61-6-2)27-47(53)57(70-71)59-65-51-20-12-18-44(54(51)66-59)37-14-8-7-9-15-37/h7-27,30-33,60-61H,5-6,28-29,34H2,1-4H3,(H,64,67)(H,65,66)(H,68,69). The predicted molar refractivity (Wildman–Crippen MR) is 287 cm³/mol. The van der Waals surface area contributed by atoms with E-state index in [1.807, 2.05) is 30.9 Å². The van der Waals surface area contributed by atoms with Crippen LogP contribution in [0.4, 0.5) is 0 Å². The van der Waals surface area contributed by atoms with Gasteiger partial charge in [0.05, 0.1) is 39.6 Å². The summed E-state index contributed by atoms with van der Waals surface area (Å²) in [6.45, 7) is 12.4. The Labute approximate surface area is 410 Å². The molecule has 0 saturated heterocycles. The lowest BCUT2D eigenvalue weighted by Gasteiger charge is -2.13. The van der Waals surface area contributed by atoms with Gasteiger partial charge in [0.25, 0.3) is 0 Å². The minimum absolute atomic E-state index is 0.505. The Balaban J connectivity index is 0.948. The van der Waals surface area contributed by atoms with Crippen molar-refractivity contribution in [3.8, 4) is 67.5 Å². The summed E-state index contributed by atoms with van der Waals surface area (Å²) in [6, 6.07) is 44.6. The van der Waals surface area contributed by atoms with Gasteiger partial charge in [-0.1, -0.05) is 105 Å². The number of rotatable bonds is 14. The quantitative estimate of drug-likeness (QED) is 0.0722. The van der Waals surface area contributed by atoms with Crippen LogP contribution in [0.5, 0.6) is 0 Å². The minimum Gasteiger partial charge on any atom is -0.337 e. The van der Waals surface area contributed by atoms with E-state index in [1.165, 1.54) is 22.3 Å². The summed E-state index contributed by atoms with van der Waals surface area (Å²) in [4.78, 5) is 27.2. The Bertz CT molecular complexity index is 3930. The van der Waals surface area contributed by atoms with Gasteiger partial charge in [-0.05, 0) is 113 Å². The number of aromatic nitrogens is 10. The molecule has 0 radical (unpaired) electrons. The lowest BCUT2D eigenvalue weighted by Crippen LogP contribution is -2.13. The van der Waals surface area contributed by atoms with Crippen molar-refractivity contribution in [2.75, 3.05) is 13.1 Å². The molecule has 0 aliphatic rings. The van der Waals surface area contributed by atoms with Gasteiger partial charge < -0.3 is 20.6 Å². The fourth-order valence-corrected chi connectivity index (χ4v) is 10.0. The van der Waals surface area contributed by atoms with Crippen molar-refractivity contribution in [1.29, 1.82) is 0 Å². The van der Waals surface area contributed by atoms with Crippen LogP contribution in [-0.4, -0.2) is 63.0 Å². The number of aromatic amines is 3. The molecule has 12 heteroatoms. The van der Waals surface area contributed by atoms with Crippen molar-refractivity contribution >= 4 is 43.9 Å². The first kappa shape index (κ1) is 43.7. The topological polar surface area (TPSA) is 154 Å². The molecule has 0 bridgehead atoms. The third-order valence-electron chi connectivity index (χ3n) is 13.9. The Morgan fingerprint density at radius 3 is 1.77 bits per heavy atom. The van der Waals surface area contributed by atoms with Gasteiger partial charge in [-0.2, -0.15) is 10.2 Å². The van der Waals surface area contributed by atoms with Crippen LogP contribution in [0.1, 0.15) is 41.7 Å². The van der Waals surface area contributed by atoms with Crippen molar-refractivity contribution in [1.82, 2.24) is 60.5 Å². The molecule has 0 spiro atoms. The van der Waals surface area contributed by atoms with E-state index in [4.69, 9.17) is 20.2 Å². The van der Waals surface area contributed by atoms with Gasteiger partial charge in [-0.25, -0.2) is 9.97 Å². The van der Waals surface area contributed by atoms with Crippen LogP contribution in [0.2, 0.25) is 0 Å². The molecule has 6 aromatic carbocycles. The van der Waals surface area contributed by atoms with E-state index in [2.05, 4.69) is 189 Å². The first-order valence-electron chi connectivity index (χ1n) is 24.3. The first-order chi connectivity index (χ1) is 34.9. The maximum atomic E-state index is 5.44. The van der Waals surface area contributed by atoms with Gasteiger partial charge in [0, 0.05) is 70.9 Å². The van der Waals surface area contributed by atoms with Gasteiger partial charge in [0.15, 0.2) is 11.6 Å². The summed E-state index contributed by atoms with van der Waals surface area (Å²) in [5.41, 5.74) is 21.6. The van der Waals surface area contributed by atoms with E-state index in [0.717, 1.165) is 132 Å². The largest absolute Gasteiger partial charge is 0.337 e. The predicted octanol–water partition coefficient (Wildman–Crippen LogP) is 12.3. The molecule has 6 heterocycles. The number of imidazole rings is 2. The third-order valence-corrected chi connectivity index (χ3v) is 13.9. The number of H-pyrrole nitrogens is 3. The van der Waals surface area contributed by atoms with Gasteiger partial charge in [0.1, 0.15) is 11.4 Å². The highest BCUT2D eigenvalue weighted by atomic mass is 15.3. The maximum Gasteiger partial charge on any atom is 0.159 e. The Morgan fingerprint density at radius 2 is 1.08 bits per heavy atom. The number of nitrogens with zero attached hydrogens (tertiary/aromatic N) is 7. The number of para-hydroxylation sites is 2. The molecule has 6 aromatic heterocycles. The normalized spacial score (nSPS) is 11.8. The van der Waals surface area contributed by atoms with Gasteiger partial charge >= 0.3 is 0 Å². The van der Waals surface area contributed by atoms with E-state index in [9.17, 15) is 0 Å². The van der Waals surface area contributed by atoms with Crippen LogP contribution in [0.15, 0.2) is 152 Å². The van der Waals surface area contributed by atoms with Crippen LogP contribution in [0.25, 0.3) is 111 Å². The number of nitrogens with one attached hydrogen (secondary N) is 5. The lowest BCUT2D eigenvalue weighted by atomic mass is 9.97. The monoisotopic (exact) mass is 928 g/mol. The van der Waals surface area contributed by atoms with E-state index in [1.54, 1.807) is 0 Å². The highest BCUT2D eigenvalue weighted by Crippen LogP contribution is 2.38. The van der Waals surface area contributed by atoms with Crippen LogP contribution in [0, 0.1) is 13.8 Å². The molecule has 5 N–H and O–H groups in total. The Hall–Kier alpha value is -8.58. The number of pyridine rings is 2. The molecule has 0 amide bonds. The van der Waals surface area contributed by atoms with Crippen molar-refractivity contribution in [3.05, 3.63) is 180 Å². The summed E-state index contributed by atoms with van der Waals surface area (Å²) < 4.78 is 2.11. The first-order valence-corrected chi connectivity index (χ1v) is 24.3. The summed E-state index contributed by atoms with van der Waals surface area (Å²) in [7, 11) is 0. The highest BCUT2D eigenvalue weighted by molar-refractivity contribution is 6.01. The molecule has 0 fully saturated rings. The SMILES string of the molecule is CCNCc1cncc(-c2ccc3[nH]nc(-c4nc5c(-c6ccccc6Cn6nc(-c7nc8c(-c9ccccc9)cccc8[nH]7)c7cc(-c8cncc(CNCC)c8C)ccc76)cccc5[nH]4)c3c2)c1C. The summed E-state index contributed by atoms with van der Waals surface area (Å²) >= 11 is 0. The van der Waals surface area contributed by atoms with Crippen molar-refractivity contribution in [3.63, 3.8) is 0 Å². The summed E-state index contributed by atoms with van der Waals surface area (Å²) in [6.07, 6.45) is 7.84. The van der Waals surface area contributed by atoms with Crippen LogP contribution < -0.4 is 10.6 Å². The molecule has 348 valence electrons. The van der Waals surface area contributed by atoms with E-state index >= 15 is 0 Å². The Morgan fingerprint density at radius 1 is 0.493 bits per heavy atom. The molecular weight excluding hydrogens is 877 g/mol. The van der Waals surface area contributed by atoms with Crippen LogP contribution >= 0.6 is 0 Å². The van der Waals surface area contributed by atoms with Crippen molar-refractivity contribution in [2.45, 2.75) is 47.3 Å². The minimum atomic E-state index is 0.505.